The number of nitrogens with zero attached hydrogens (tertiary/aromatic N) is 1. The summed E-state index contributed by atoms with van der Waals surface area (Å²) in [5.41, 5.74) is -0.469. The van der Waals surface area contributed by atoms with Gasteiger partial charge in [0.05, 0.1) is 23.5 Å². The van der Waals surface area contributed by atoms with Crippen molar-refractivity contribution in [2.24, 2.45) is 0 Å². The average Bonchev–Trinajstić information content (AvgIpc) is 2.64. The number of carbonyl (C=O) groups excluding carboxylic acids is 1. The minimum atomic E-state index is -4.47. The molecule has 1 aromatic heterocycles. The molecule has 0 unspecified atom stereocenters. The molecule has 0 aliphatic heterocycles. The van der Waals surface area contributed by atoms with Gasteiger partial charge in [-0.2, -0.15) is 26.3 Å². The lowest BCUT2D eigenvalue weighted by molar-refractivity contribution is -0.153. The number of rotatable bonds is 7. The summed E-state index contributed by atoms with van der Waals surface area (Å²) in [6, 6.07) is 5.96. The predicted molar refractivity (Wildman–Crippen MR) is 89.3 cm³/mol. The van der Waals surface area contributed by atoms with Gasteiger partial charge in [-0.15, -0.1) is 0 Å². The Hall–Kier alpha value is -2.98. The number of pyridine rings is 1. The molecule has 1 heterocycles. The number of hydrogen-bond donors (Lipinski definition) is 1. The number of carbonyl (C=O) groups is 1. The molecule has 0 radical (unpaired) electrons. The molecular weight excluding hydrogens is 406 g/mol. The first kappa shape index (κ1) is 22.3. The van der Waals surface area contributed by atoms with E-state index in [-0.39, 0.29) is 11.5 Å². The van der Waals surface area contributed by atoms with Crippen molar-refractivity contribution in [1.29, 1.82) is 0 Å². The minimum absolute atomic E-state index is 0.0739. The minimum Gasteiger partial charge on any atom is -0.484 e. The summed E-state index contributed by atoms with van der Waals surface area (Å²) in [6.45, 7) is -0.293. The second-order valence-corrected chi connectivity index (χ2v) is 5.92. The van der Waals surface area contributed by atoms with Crippen LogP contribution >= 0.6 is 0 Å². The zero-order valence-corrected chi connectivity index (χ0v) is 15.0. The maximum atomic E-state index is 12.5. The molecule has 11 heteroatoms. The van der Waals surface area contributed by atoms with Crippen molar-refractivity contribution in [3.8, 4) is 11.5 Å². The lowest BCUT2D eigenvalue weighted by atomic mass is 10.2. The number of hydrogen-bond acceptors (Lipinski definition) is 4. The number of aromatic nitrogens is 1. The van der Waals surface area contributed by atoms with Gasteiger partial charge in [-0.05, 0) is 43.3 Å². The fraction of sp³-hybridized carbons (Fsp3) is 0.333. The molecule has 0 aliphatic rings. The Morgan fingerprint density at radius 3 is 2.14 bits per heavy atom. The standard InChI is InChI=1S/C18H16F6N2O3/c1-11(15-7-6-14(8-25-15)29-10-17(19,20)21)26-16(27)9-28-13-4-2-12(3-5-13)18(22,23)24/h2-8,11H,9-10H2,1H3,(H,26,27)/t11-/m1/s1. The molecule has 5 nitrogen and oxygen atoms in total. The molecule has 1 atom stereocenters. The zero-order chi connectivity index (χ0) is 21.7. The van der Waals surface area contributed by atoms with E-state index < -0.39 is 43.1 Å². The molecule has 2 rings (SSSR count). The van der Waals surface area contributed by atoms with E-state index in [2.05, 4.69) is 15.0 Å². The predicted octanol–water partition coefficient (Wildman–Crippen LogP) is 4.30. The fourth-order valence-electron chi connectivity index (χ4n) is 2.14. The van der Waals surface area contributed by atoms with Crippen molar-refractivity contribution in [3.63, 3.8) is 0 Å². The van der Waals surface area contributed by atoms with E-state index in [1.54, 1.807) is 6.92 Å². The van der Waals surface area contributed by atoms with E-state index in [4.69, 9.17) is 4.74 Å². The molecule has 1 N–H and O–H groups in total. The maximum Gasteiger partial charge on any atom is 0.422 e. The van der Waals surface area contributed by atoms with Crippen LogP contribution in [-0.2, 0) is 11.0 Å². The summed E-state index contributed by atoms with van der Waals surface area (Å²) < 4.78 is 83.5. The van der Waals surface area contributed by atoms with Crippen molar-refractivity contribution >= 4 is 5.91 Å². The van der Waals surface area contributed by atoms with E-state index in [9.17, 15) is 31.1 Å². The van der Waals surface area contributed by atoms with E-state index in [0.717, 1.165) is 30.5 Å². The lowest BCUT2D eigenvalue weighted by Gasteiger charge is -2.15. The van der Waals surface area contributed by atoms with Crippen LogP contribution in [0.1, 0.15) is 24.2 Å². The third kappa shape index (κ3) is 7.51. The third-order valence-corrected chi connectivity index (χ3v) is 3.53. The second kappa shape index (κ2) is 9.01. The van der Waals surface area contributed by atoms with Crippen molar-refractivity contribution < 1.29 is 40.6 Å². The molecule has 1 aromatic carbocycles. The van der Waals surface area contributed by atoms with Crippen LogP contribution in [0.15, 0.2) is 42.6 Å². The van der Waals surface area contributed by atoms with Crippen LogP contribution < -0.4 is 14.8 Å². The molecule has 0 saturated heterocycles. The van der Waals surface area contributed by atoms with Crippen molar-refractivity contribution in [2.45, 2.75) is 25.3 Å². The van der Waals surface area contributed by atoms with Crippen LogP contribution in [0.4, 0.5) is 26.3 Å². The van der Waals surface area contributed by atoms with Crippen LogP contribution in [-0.4, -0.2) is 30.3 Å². The SMILES string of the molecule is C[C@@H](NC(=O)COc1ccc(C(F)(F)F)cc1)c1ccc(OCC(F)(F)F)cn1. The van der Waals surface area contributed by atoms with Gasteiger partial charge in [-0.25, -0.2) is 0 Å². The molecule has 0 saturated carbocycles. The second-order valence-electron chi connectivity index (χ2n) is 5.92. The highest BCUT2D eigenvalue weighted by Gasteiger charge is 2.30. The van der Waals surface area contributed by atoms with Crippen molar-refractivity contribution in [2.75, 3.05) is 13.2 Å². The molecule has 0 bridgehead atoms. The number of halogens is 6. The highest BCUT2D eigenvalue weighted by Crippen LogP contribution is 2.30. The van der Waals surface area contributed by atoms with E-state index in [1.807, 2.05) is 0 Å². The van der Waals surface area contributed by atoms with Crippen LogP contribution in [0.25, 0.3) is 0 Å². The Bertz CT molecular complexity index is 804. The van der Waals surface area contributed by atoms with Crippen molar-refractivity contribution in [1.82, 2.24) is 10.3 Å². The smallest absolute Gasteiger partial charge is 0.422 e. The number of nitrogens with one attached hydrogen (secondary N) is 1. The Labute approximate surface area is 161 Å². The average molecular weight is 422 g/mol. The summed E-state index contributed by atoms with van der Waals surface area (Å²) in [5, 5.41) is 2.55. The number of ether oxygens (including phenoxy) is 2. The Balaban J connectivity index is 1.82. The summed E-state index contributed by atoms with van der Waals surface area (Å²) in [6.07, 6.45) is -7.83. The van der Waals surface area contributed by atoms with Crippen LogP contribution in [0.3, 0.4) is 0 Å². The quantitative estimate of drug-likeness (QED) is 0.676. The van der Waals surface area contributed by atoms with Gasteiger partial charge < -0.3 is 14.8 Å². The summed E-state index contributed by atoms with van der Waals surface area (Å²) >= 11 is 0. The van der Waals surface area contributed by atoms with Crippen LogP contribution in [0.5, 0.6) is 11.5 Å². The van der Waals surface area contributed by atoms with E-state index >= 15 is 0 Å². The highest BCUT2D eigenvalue weighted by atomic mass is 19.4. The first-order chi connectivity index (χ1) is 13.4. The Kier molecular flexibility index (Phi) is 6.93. The van der Waals surface area contributed by atoms with Crippen LogP contribution in [0.2, 0.25) is 0 Å². The highest BCUT2D eigenvalue weighted by molar-refractivity contribution is 5.77. The topological polar surface area (TPSA) is 60.5 Å². The number of amides is 1. The van der Waals surface area contributed by atoms with Gasteiger partial charge in [0.25, 0.3) is 5.91 Å². The molecule has 29 heavy (non-hydrogen) atoms. The number of alkyl halides is 6. The van der Waals surface area contributed by atoms with Gasteiger partial charge in [0.1, 0.15) is 11.5 Å². The summed E-state index contributed by atoms with van der Waals surface area (Å²) in [4.78, 5) is 15.8. The van der Waals surface area contributed by atoms with Gasteiger partial charge in [0.2, 0.25) is 0 Å². The molecule has 1 amide bonds. The molecule has 2 aromatic rings. The van der Waals surface area contributed by atoms with Gasteiger partial charge in [-0.3, -0.25) is 9.78 Å². The summed E-state index contributed by atoms with van der Waals surface area (Å²) in [7, 11) is 0. The van der Waals surface area contributed by atoms with Gasteiger partial charge in [0, 0.05) is 0 Å². The van der Waals surface area contributed by atoms with Gasteiger partial charge >= 0.3 is 12.4 Å². The molecule has 0 aliphatic carbocycles. The Morgan fingerprint density at radius 2 is 1.62 bits per heavy atom. The monoisotopic (exact) mass is 422 g/mol. The normalized spacial score (nSPS) is 12.9. The molecular formula is C18H16F6N2O3. The third-order valence-electron chi connectivity index (χ3n) is 3.53. The molecule has 158 valence electrons. The van der Waals surface area contributed by atoms with Crippen molar-refractivity contribution in [3.05, 3.63) is 53.9 Å². The van der Waals surface area contributed by atoms with Crippen LogP contribution in [0, 0.1) is 0 Å². The molecule has 0 fully saturated rings. The largest absolute Gasteiger partial charge is 0.484 e. The zero-order valence-electron chi connectivity index (χ0n) is 15.0. The summed E-state index contributed by atoms with van der Waals surface area (Å²) in [5.74, 6) is -0.545. The maximum absolute atomic E-state index is 12.5. The fourth-order valence-corrected chi connectivity index (χ4v) is 2.14. The van der Waals surface area contributed by atoms with E-state index in [1.165, 1.54) is 12.1 Å². The lowest BCUT2D eigenvalue weighted by Crippen LogP contribution is -2.31. The molecule has 0 spiro atoms. The Morgan fingerprint density at radius 1 is 1.00 bits per heavy atom. The van der Waals surface area contributed by atoms with E-state index in [0.29, 0.717) is 5.69 Å². The van der Waals surface area contributed by atoms with Gasteiger partial charge in [0.15, 0.2) is 13.2 Å². The van der Waals surface area contributed by atoms with Gasteiger partial charge in [-0.1, -0.05) is 0 Å². The number of benzene rings is 1. The first-order valence-electron chi connectivity index (χ1n) is 8.19. The first-order valence-corrected chi connectivity index (χ1v) is 8.19.